The van der Waals surface area contributed by atoms with Gasteiger partial charge in [0.15, 0.2) is 5.65 Å². The van der Waals surface area contributed by atoms with E-state index < -0.39 is 38.4 Å². The minimum Gasteiger partial charge on any atom is -0.367 e. The largest absolute Gasteiger partial charge is 0.416 e. The highest BCUT2D eigenvalue weighted by atomic mass is 35.5. The van der Waals surface area contributed by atoms with Crippen LogP contribution in [0.25, 0.3) is 16.9 Å². The number of halogens is 7. The topological polar surface area (TPSA) is 79.6 Å². The number of benzene rings is 2. The molecular weight excluding hydrogens is 595 g/mol. The lowest BCUT2D eigenvalue weighted by Crippen LogP contribution is -2.42. The number of hydrogen-bond donors (Lipinski definition) is 1. The molecule has 1 fully saturated rings. The van der Waals surface area contributed by atoms with Crippen LogP contribution in [-0.2, 0) is 22.4 Å². The summed E-state index contributed by atoms with van der Waals surface area (Å²) in [5, 5.41) is 7.97. The summed E-state index contributed by atoms with van der Waals surface area (Å²) in [4.78, 5) is 3.48. The maximum absolute atomic E-state index is 13.3. The second-order valence-corrected chi connectivity index (χ2v) is 11.8. The van der Waals surface area contributed by atoms with Gasteiger partial charge in [0.05, 0.1) is 21.7 Å². The van der Waals surface area contributed by atoms with Crippen molar-refractivity contribution in [3.8, 4) is 11.3 Å². The quantitative estimate of drug-likeness (QED) is 0.249. The van der Waals surface area contributed by atoms with E-state index in [1.807, 2.05) is 0 Å². The summed E-state index contributed by atoms with van der Waals surface area (Å²) in [5.41, 5.74) is -1.59. The first-order chi connectivity index (χ1) is 19.1. The second kappa shape index (κ2) is 10.5. The van der Waals surface area contributed by atoms with E-state index in [0.29, 0.717) is 33.2 Å². The zero-order valence-corrected chi connectivity index (χ0v) is 22.4. The van der Waals surface area contributed by atoms with E-state index in [1.165, 1.54) is 10.7 Å². The zero-order chi connectivity index (χ0) is 29.7. The minimum absolute atomic E-state index is 0.108. The van der Waals surface area contributed by atoms with Gasteiger partial charge in [-0.05, 0) is 42.6 Å². The molecule has 0 bridgehead atoms. The fourth-order valence-electron chi connectivity index (χ4n) is 4.56. The predicted molar refractivity (Wildman–Crippen MR) is 141 cm³/mol. The normalized spacial score (nSPS) is 15.9. The predicted octanol–water partition coefficient (Wildman–Crippen LogP) is 5.15. The number of rotatable bonds is 5. The Morgan fingerprint density at radius 2 is 1.56 bits per heavy atom. The summed E-state index contributed by atoms with van der Waals surface area (Å²) in [6, 6.07) is 8.76. The van der Waals surface area contributed by atoms with Crippen molar-refractivity contribution in [2.24, 2.45) is 0 Å². The number of hydrogen-bond acceptors (Lipinski definition) is 5. The zero-order valence-electron chi connectivity index (χ0n) is 20.8. The number of aromatic nitrogens is 3. The van der Waals surface area contributed by atoms with E-state index in [4.69, 9.17) is 19.4 Å². The molecule has 5 rings (SSSR count). The molecule has 0 unspecified atom stereocenters. The van der Waals surface area contributed by atoms with Crippen molar-refractivity contribution in [1.82, 2.24) is 18.9 Å². The fourth-order valence-corrected chi connectivity index (χ4v) is 6.34. The van der Waals surface area contributed by atoms with Gasteiger partial charge in [-0.1, -0.05) is 29.8 Å². The maximum Gasteiger partial charge on any atom is 0.416 e. The number of nitrogens with zero attached hydrogens (tertiary/aromatic N) is 4. The summed E-state index contributed by atoms with van der Waals surface area (Å²) >= 11 is 6.35. The van der Waals surface area contributed by atoms with Gasteiger partial charge < -0.3 is 5.32 Å². The summed E-state index contributed by atoms with van der Waals surface area (Å²) < 4.78 is 108. The molecule has 1 aliphatic rings. The van der Waals surface area contributed by atoms with Gasteiger partial charge in [0.25, 0.3) is 0 Å². The molecule has 2 aromatic carbocycles. The lowest BCUT2D eigenvalue weighted by Gasteiger charge is -2.32. The van der Waals surface area contributed by atoms with Crippen LogP contribution >= 0.6 is 11.6 Å². The highest BCUT2D eigenvalue weighted by molar-refractivity contribution is 7.89. The lowest BCUT2D eigenvalue weighted by atomic mass is 10.0. The summed E-state index contributed by atoms with van der Waals surface area (Å²) in [7, 11) is 1.38. The highest BCUT2D eigenvalue weighted by Crippen LogP contribution is 2.38. The Bertz CT molecular complexity index is 1690. The van der Waals surface area contributed by atoms with E-state index in [2.05, 4.69) is 15.4 Å². The lowest BCUT2D eigenvalue weighted by molar-refractivity contribution is -0.143. The Morgan fingerprint density at radius 1 is 0.951 bits per heavy atom. The molecule has 41 heavy (non-hydrogen) atoms. The number of alkyl halides is 6. The Kier molecular flexibility index (Phi) is 7.49. The van der Waals surface area contributed by atoms with E-state index >= 15 is 0 Å². The van der Waals surface area contributed by atoms with Crippen LogP contribution in [-0.4, -0.2) is 54.3 Å². The van der Waals surface area contributed by atoms with Gasteiger partial charge >= 0.3 is 12.4 Å². The Hall–Kier alpha value is -3.30. The van der Waals surface area contributed by atoms with Crippen LogP contribution in [0.5, 0.6) is 0 Å². The average molecular weight is 614 g/mol. The molecule has 0 spiro atoms. The van der Waals surface area contributed by atoms with E-state index in [-0.39, 0.29) is 50.2 Å². The monoisotopic (exact) mass is 613 g/mol. The third kappa shape index (κ3) is 5.88. The molecule has 7 nitrogen and oxygen atoms in total. The van der Waals surface area contributed by atoms with Gasteiger partial charge in [0.1, 0.15) is 13.7 Å². The molecule has 2 radical (unpaired) electrons. The Balaban J connectivity index is 1.39. The standard InChI is InChI=1S/C25H19BClF6N5O2S/c26-19-13-34-38-22(12-21(36-23(19)38)18-3-1-2-4-20(18)27)35-16-5-7-37(8-6-16)41(39,40)17-10-14(24(28,29)30)9-15(11-17)25(31,32)33/h1-4,9-13,16,35H,5-8H2. The van der Waals surface area contributed by atoms with E-state index in [1.54, 1.807) is 30.3 Å². The molecule has 3 heterocycles. The molecule has 0 amide bonds. The molecule has 0 saturated carbocycles. The van der Waals surface area contributed by atoms with Crippen LogP contribution in [0.4, 0.5) is 32.2 Å². The average Bonchev–Trinajstić information content (AvgIpc) is 3.29. The van der Waals surface area contributed by atoms with E-state index in [0.717, 1.165) is 4.31 Å². The number of anilines is 1. The van der Waals surface area contributed by atoms with Gasteiger partial charge in [-0.15, -0.1) is 0 Å². The number of sulfonamides is 1. The molecule has 4 aromatic rings. The third-order valence-electron chi connectivity index (χ3n) is 6.65. The van der Waals surface area contributed by atoms with Gasteiger partial charge in [0, 0.05) is 42.0 Å². The molecular formula is C25H19BClF6N5O2S. The Labute approximate surface area is 236 Å². The molecule has 2 aromatic heterocycles. The van der Waals surface area contributed by atoms with Crippen LogP contribution in [0.2, 0.25) is 5.02 Å². The molecule has 0 atom stereocenters. The van der Waals surface area contributed by atoms with Crippen molar-refractivity contribution in [2.75, 3.05) is 18.4 Å². The fraction of sp³-hybridized carbons (Fsp3) is 0.280. The minimum atomic E-state index is -5.17. The first-order valence-electron chi connectivity index (χ1n) is 12.1. The van der Waals surface area contributed by atoms with Crippen LogP contribution in [0, 0.1) is 0 Å². The Morgan fingerprint density at radius 3 is 2.15 bits per heavy atom. The summed E-state index contributed by atoms with van der Waals surface area (Å²) in [6.07, 6.45) is -8.52. The molecule has 1 saturated heterocycles. The number of piperidine rings is 1. The van der Waals surface area contributed by atoms with Gasteiger partial charge in [-0.3, -0.25) is 0 Å². The van der Waals surface area contributed by atoms with Crippen molar-refractivity contribution >= 4 is 46.4 Å². The van der Waals surface area contributed by atoms with Gasteiger partial charge in [0.2, 0.25) is 10.0 Å². The van der Waals surface area contributed by atoms with Gasteiger partial charge in [-0.25, -0.2) is 13.4 Å². The van der Waals surface area contributed by atoms with Crippen LogP contribution in [0.15, 0.2) is 59.6 Å². The molecule has 214 valence electrons. The van der Waals surface area contributed by atoms with Crippen molar-refractivity contribution in [3.05, 3.63) is 70.9 Å². The smallest absolute Gasteiger partial charge is 0.367 e. The molecule has 1 N–H and O–H groups in total. The molecule has 16 heteroatoms. The van der Waals surface area contributed by atoms with Crippen LogP contribution < -0.4 is 10.8 Å². The third-order valence-corrected chi connectivity index (χ3v) is 8.86. The number of fused-ring (bicyclic) bond motifs is 1. The SMILES string of the molecule is [B]c1cnn2c(NC3CCN(S(=O)(=O)c4cc(C(F)(F)F)cc(C(F)(F)F)c4)CC3)cc(-c3ccccc3Cl)nc12. The molecule has 1 aliphatic heterocycles. The highest BCUT2D eigenvalue weighted by Gasteiger charge is 2.39. The second-order valence-electron chi connectivity index (χ2n) is 9.41. The first kappa shape index (κ1) is 29.2. The van der Waals surface area contributed by atoms with Crippen molar-refractivity contribution in [1.29, 1.82) is 0 Å². The maximum atomic E-state index is 13.3. The van der Waals surface area contributed by atoms with Crippen molar-refractivity contribution in [2.45, 2.75) is 36.1 Å². The first-order valence-corrected chi connectivity index (χ1v) is 13.9. The number of nitrogens with one attached hydrogen (secondary N) is 1. The van der Waals surface area contributed by atoms with Gasteiger partial charge in [-0.2, -0.15) is 40.3 Å². The van der Waals surface area contributed by atoms with Crippen molar-refractivity contribution in [3.63, 3.8) is 0 Å². The van der Waals surface area contributed by atoms with Crippen LogP contribution in [0.1, 0.15) is 24.0 Å². The van der Waals surface area contributed by atoms with E-state index in [9.17, 15) is 34.8 Å². The molecule has 0 aliphatic carbocycles. The van der Waals surface area contributed by atoms with Crippen LogP contribution in [0.3, 0.4) is 0 Å². The summed E-state index contributed by atoms with van der Waals surface area (Å²) in [6.45, 7) is -0.297. The van der Waals surface area contributed by atoms with Crippen molar-refractivity contribution < 1.29 is 34.8 Å². The summed E-state index contributed by atoms with van der Waals surface area (Å²) in [5.74, 6) is 0.482.